The minimum Gasteiger partial charge on any atom is -0.491 e. The van der Waals surface area contributed by atoms with Crippen LogP contribution in [0.25, 0.3) is 0 Å². The zero-order valence-corrected chi connectivity index (χ0v) is 9.77. The Bertz CT molecular complexity index is 373. The van der Waals surface area contributed by atoms with E-state index in [1.165, 1.54) is 26.0 Å². The van der Waals surface area contributed by atoms with E-state index in [2.05, 4.69) is 4.94 Å². The zero-order chi connectivity index (χ0) is 12.9. The Kier molecular flexibility index (Phi) is 4.60. The molecule has 1 rings (SSSR count). The predicted octanol–water partition coefficient (Wildman–Crippen LogP) is 1.92. The molecule has 94 valence electrons. The van der Waals surface area contributed by atoms with Gasteiger partial charge in [0.05, 0.1) is 6.61 Å². The number of Topliss-reactive ketones (excluding diaryl/α,β-unsaturated/α-hetero) is 1. The van der Waals surface area contributed by atoms with Gasteiger partial charge in [-0.3, -0.25) is 4.79 Å². The number of aliphatic hydroxyl groups is 1. The van der Waals surface area contributed by atoms with Crippen molar-refractivity contribution in [1.82, 2.24) is 0 Å². The molecule has 0 fully saturated rings. The SMILES string of the molecule is CC(C)(OF)C(=O)c1ccc(OCCO)cc1. The van der Waals surface area contributed by atoms with Crippen LogP contribution in [-0.4, -0.2) is 29.7 Å². The van der Waals surface area contributed by atoms with Crippen LogP contribution in [0.3, 0.4) is 0 Å². The van der Waals surface area contributed by atoms with Crippen molar-refractivity contribution in [1.29, 1.82) is 0 Å². The van der Waals surface area contributed by atoms with Gasteiger partial charge in [0.1, 0.15) is 12.4 Å². The fourth-order valence-corrected chi connectivity index (χ4v) is 1.25. The maximum atomic E-state index is 12.2. The Balaban J connectivity index is 2.77. The largest absolute Gasteiger partial charge is 0.491 e. The summed E-state index contributed by atoms with van der Waals surface area (Å²) >= 11 is 0. The molecule has 1 aromatic rings. The van der Waals surface area contributed by atoms with Crippen molar-refractivity contribution in [3.8, 4) is 5.75 Å². The fourth-order valence-electron chi connectivity index (χ4n) is 1.25. The highest BCUT2D eigenvalue weighted by Gasteiger charge is 2.30. The first kappa shape index (κ1) is 13.6. The van der Waals surface area contributed by atoms with E-state index in [-0.39, 0.29) is 13.2 Å². The van der Waals surface area contributed by atoms with Gasteiger partial charge in [0.25, 0.3) is 0 Å². The van der Waals surface area contributed by atoms with Gasteiger partial charge in [-0.2, -0.15) is 4.94 Å². The molecule has 1 aromatic carbocycles. The molecule has 0 saturated carbocycles. The average Bonchev–Trinajstić information content (AvgIpc) is 2.36. The molecule has 0 aliphatic carbocycles. The van der Waals surface area contributed by atoms with Crippen molar-refractivity contribution in [2.75, 3.05) is 13.2 Å². The number of rotatable bonds is 6. The first-order valence-electron chi connectivity index (χ1n) is 5.19. The molecule has 5 heteroatoms. The summed E-state index contributed by atoms with van der Waals surface area (Å²) in [6.45, 7) is 2.81. The maximum Gasteiger partial charge on any atom is 0.197 e. The summed E-state index contributed by atoms with van der Waals surface area (Å²) in [7, 11) is 0. The summed E-state index contributed by atoms with van der Waals surface area (Å²) in [4.78, 5) is 15.4. The van der Waals surface area contributed by atoms with Crippen LogP contribution < -0.4 is 4.74 Å². The van der Waals surface area contributed by atoms with Crippen molar-refractivity contribution in [3.05, 3.63) is 29.8 Å². The van der Waals surface area contributed by atoms with E-state index in [0.29, 0.717) is 11.3 Å². The van der Waals surface area contributed by atoms with Gasteiger partial charge in [-0.1, -0.05) is 0 Å². The van der Waals surface area contributed by atoms with Crippen LogP contribution in [0.2, 0.25) is 0 Å². The smallest absolute Gasteiger partial charge is 0.197 e. The zero-order valence-electron chi connectivity index (χ0n) is 9.77. The van der Waals surface area contributed by atoms with E-state index in [1.807, 2.05) is 0 Å². The van der Waals surface area contributed by atoms with Crippen molar-refractivity contribution >= 4 is 5.78 Å². The van der Waals surface area contributed by atoms with Gasteiger partial charge in [0, 0.05) is 5.56 Å². The van der Waals surface area contributed by atoms with E-state index in [0.717, 1.165) is 0 Å². The van der Waals surface area contributed by atoms with Crippen molar-refractivity contribution in [2.24, 2.45) is 0 Å². The van der Waals surface area contributed by atoms with Gasteiger partial charge >= 0.3 is 0 Å². The molecule has 0 aliphatic heterocycles. The van der Waals surface area contributed by atoms with Crippen molar-refractivity contribution in [2.45, 2.75) is 19.4 Å². The lowest BCUT2D eigenvalue weighted by molar-refractivity contribution is -0.199. The third kappa shape index (κ3) is 3.51. The number of aliphatic hydroxyl groups excluding tert-OH is 1. The number of carbonyl (C=O) groups excluding carboxylic acids is 1. The minimum atomic E-state index is -1.49. The molecule has 0 amide bonds. The van der Waals surface area contributed by atoms with Gasteiger partial charge in [0.15, 0.2) is 11.4 Å². The lowest BCUT2D eigenvalue weighted by Crippen LogP contribution is -2.32. The second-order valence-electron chi connectivity index (χ2n) is 4.01. The fraction of sp³-hybridized carbons (Fsp3) is 0.417. The first-order chi connectivity index (χ1) is 8.01. The monoisotopic (exact) mass is 242 g/mol. The normalized spacial score (nSPS) is 11.3. The van der Waals surface area contributed by atoms with Crippen LogP contribution in [0.1, 0.15) is 24.2 Å². The number of carbonyl (C=O) groups is 1. The van der Waals surface area contributed by atoms with Crippen molar-refractivity contribution < 1.29 is 24.1 Å². The van der Waals surface area contributed by atoms with E-state index < -0.39 is 11.4 Å². The molecule has 0 bridgehead atoms. The Morgan fingerprint density at radius 1 is 1.35 bits per heavy atom. The average molecular weight is 242 g/mol. The van der Waals surface area contributed by atoms with Gasteiger partial charge in [0.2, 0.25) is 0 Å². The third-order valence-electron chi connectivity index (χ3n) is 2.22. The molecule has 0 radical (unpaired) electrons. The highest BCUT2D eigenvalue weighted by molar-refractivity contribution is 6.01. The molecule has 1 N–H and O–H groups in total. The quantitative estimate of drug-likeness (QED) is 0.774. The molecule has 0 heterocycles. The molecule has 0 saturated heterocycles. The van der Waals surface area contributed by atoms with Crippen LogP contribution >= 0.6 is 0 Å². The van der Waals surface area contributed by atoms with Crippen LogP contribution in [0, 0.1) is 0 Å². The molecule has 0 aromatic heterocycles. The molecule has 17 heavy (non-hydrogen) atoms. The molecular weight excluding hydrogens is 227 g/mol. The van der Waals surface area contributed by atoms with Crippen LogP contribution in [0.5, 0.6) is 5.75 Å². The Labute approximate surface area is 98.9 Å². The van der Waals surface area contributed by atoms with Crippen molar-refractivity contribution in [3.63, 3.8) is 0 Å². The molecule has 0 aliphatic rings. The number of benzene rings is 1. The summed E-state index contributed by atoms with van der Waals surface area (Å²) in [5, 5.41) is 8.57. The highest BCUT2D eigenvalue weighted by Crippen LogP contribution is 2.20. The summed E-state index contributed by atoms with van der Waals surface area (Å²) in [6.07, 6.45) is 0. The molecule has 0 unspecified atom stereocenters. The number of halogens is 1. The van der Waals surface area contributed by atoms with E-state index in [9.17, 15) is 9.32 Å². The molecule has 4 nitrogen and oxygen atoms in total. The lowest BCUT2D eigenvalue weighted by atomic mass is 9.97. The predicted molar refractivity (Wildman–Crippen MR) is 59.6 cm³/mol. The number of hydrogen-bond donors (Lipinski definition) is 1. The van der Waals surface area contributed by atoms with Gasteiger partial charge in [-0.25, -0.2) is 0 Å². The Hall–Kier alpha value is -1.46. The maximum absolute atomic E-state index is 12.2. The van der Waals surface area contributed by atoms with Crippen LogP contribution in [0.15, 0.2) is 24.3 Å². The summed E-state index contributed by atoms with van der Waals surface area (Å²) in [5.41, 5.74) is -1.16. The van der Waals surface area contributed by atoms with Crippen LogP contribution in [-0.2, 0) is 4.94 Å². The third-order valence-corrected chi connectivity index (χ3v) is 2.22. The highest BCUT2D eigenvalue weighted by atomic mass is 19.3. The topological polar surface area (TPSA) is 55.8 Å². The van der Waals surface area contributed by atoms with Crippen LogP contribution in [0.4, 0.5) is 4.53 Å². The first-order valence-corrected chi connectivity index (χ1v) is 5.19. The standard InChI is InChI=1S/C12H15FO4/c1-12(2,17-13)11(15)9-3-5-10(6-4-9)16-8-7-14/h3-6,14H,7-8H2,1-2H3. The summed E-state index contributed by atoms with van der Waals surface area (Å²) in [5.74, 6) is 0.0864. The molecular formula is C12H15FO4. The summed E-state index contributed by atoms with van der Waals surface area (Å²) < 4.78 is 17.3. The summed E-state index contributed by atoms with van der Waals surface area (Å²) in [6, 6.07) is 6.21. The lowest BCUT2D eigenvalue weighted by Gasteiger charge is -2.17. The second-order valence-corrected chi connectivity index (χ2v) is 4.01. The second kappa shape index (κ2) is 5.75. The number of ether oxygens (including phenoxy) is 1. The molecule has 0 spiro atoms. The van der Waals surface area contributed by atoms with E-state index >= 15 is 0 Å². The van der Waals surface area contributed by atoms with Gasteiger partial charge < -0.3 is 9.84 Å². The van der Waals surface area contributed by atoms with E-state index in [1.54, 1.807) is 12.1 Å². The Morgan fingerprint density at radius 2 is 1.94 bits per heavy atom. The van der Waals surface area contributed by atoms with Gasteiger partial charge in [-0.05, 0) is 42.6 Å². The molecule has 0 atom stereocenters. The van der Waals surface area contributed by atoms with Gasteiger partial charge in [-0.15, -0.1) is 0 Å². The minimum absolute atomic E-state index is 0.0800. The number of hydrogen-bond acceptors (Lipinski definition) is 4. The van der Waals surface area contributed by atoms with E-state index in [4.69, 9.17) is 9.84 Å². The Morgan fingerprint density at radius 3 is 2.41 bits per heavy atom. The number of ketones is 1.